The number of nitrogens with one attached hydrogen (secondary N) is 1. The van der Waals surface area contributed by atoms with Gasteiger partial charge in [0.15, 0.2) is 0 Å². The number of nitrogens with zero attached hydrogens (tertiary/aromatic N) is 1. The molecule has 1 aromatic rings. The Balaban J connectivity index is 0.00000220. The lowest BCUT2D eigenvalue weighted by molar-refractivity contribution is 0.128. The first-order chi connectivity index (χ1) is 9.54. The van der Waals surface area contributed by atoms with E-state index in [0.29, 0.717) is 12.0 Å². The van der Waals surface area contributed by atoms with Crippen molar-refractivity contribution in [2.45, 2.75) is 26.3 Å². The molecule has 1 aromatic carbocycles. The second-order valence-corrected chi connectivity index (χ2v) is 7.16. The van der Waals surface area contributed by atoms with E-state index in [-0.39, 0.29) is 30.6 Å². The van der Waals surface area contributed by atoms with Gasteiger partial charge in [0.2, 0.25) is 0 Å². The minimum Gasteiger partial charge on any atom is -0.506 e. The Morgan fingerprint density at radius 1 is 1.18 bits per heavy atom. The zero-order valence-electron chi connectivity index (χ0n) is 12.8. The van der Waals surface area contributed by atoms with E-state index in [1.54, 1.807) is 0 Å². The largest absolute Gasteiger partial charge is 0.506 e. The lowest BCUT2D eigenvalue weighted by Gasteiger charge is -2.38. The molecule has 1 aliphatic rings. The summed E-state index contributed by atoms with van der Waals surface area (Å²) in [7, 11) is 0. The van der Waals surface area contributed by atoms with Crippen LogP contribution in [0.5, 0.6) is 5.75 Å². The number of benzene rings is 1. The van der Waals surface area contributed by atoms with Gasteiger partial charge in [0.1, 0.15) is 5.75 Å². The maximum atomic E-state index is 9.90. The van der Waals surface area contributed by atoms with Gasteiger partial charge in [0.05, 0.1) is 8.95 Å². The van der Waals surface area contributed by atoms with Gasteiger partial charge in [-0.15, -0.1) is 24.8 Å². The monoisotopic (exact) mass is 476 g/mol. The molecule has 1 fully saturated rings. The molecule has 1 saturated heterocycles. The highest BCUT2D eigenvalue weighted by molar-refractivity contribution is 9.11. The van der Waals surface area contributed by atoms with E-state index >= 15 is 0 Å². The summed E-state index contributed by atoms with van der Waals surface area (Å²) in [5.41, 5.74) is 1.26. The van der Waals surface area contributed by atoms with Crippen LogP contribution < -0.4 is 5.32 Å². The predicted octanol–water partition coefficient (Wildman–Crippen LogP) is 4.75. The van der Waals surface area contributed by atoms with E-state index in [0.717, 1.165) is 41.5 Å². The minimum absolute atomic E-state index is 0. The number of aromatic hydroxyl groups is 1. The van der Waals surface area contributed by atoms with Crippen LogP contribution in [0, 0.1) is 5.92 Å². The topological polar surface area (TPSA) is 35.5 Å². The van der Waals surface area contributed by atoms with Crippen molar-refractivity contribution < 1.29 is 5.11 Å². The van der Waals surface area contributed by atoms with E-state index in [9.17, 15) is 5.11 Å². The molecule has 0 amide bonds. The third-order valence-corrected chi connectivity index (χ3v) is 5.32. The number of phenols is 1. The molecule has 22 heavy (non-hydrogen) atoms. The van der Waals surface area contributed by atoms with Crippen LogP contribution in [-0.4, -0.2) is 36.2 Å². The van der Waals surface area contributed by atoms with Gasteiger partial charge in [0, 0.05) is 32.2 Å². The lowest BCUT2D eigenvalue weighted by Crippen LogP contribution is -2.46. The lowest BCUT2D eigenvalue weighted by atomic mass is 9.90. The van der Waals surface area contributed by atoms with Crippen molar-refractivity contribution in [1.29, 1.82) is 0 Å². The molecular weight excluding hydrogens is 455 g/mol. The summed E-state index contributed by atoms with van der Waals surface area (Å²) in [6.45, 7) is 8.79. The number of piperazine rings is 1. The van der Waals surface area contributed by atoms with Gasteiger partial charge < -0.3 is 10.4 Å². The molecule has 0 radical (unpaired) electrons. The second-order valence-electron chi connectivity index (χ2n) is 5.45. The maximum absolute atomic E-state index is 9.90. The normalized spacial score (nSPS) is 18.0. The average molecular weight is 479 g/mol. The molecule has 2 atom stereocenters. The van der Waals surface area contributed by atoms with Gasteiger partial charge in [-0.05, 0) is 55.5 Å². The molecular formula is C15H24Br2Cl2N2O. The standard InChI is InChI=1S/C15H22Br2N2O.2ClH/c1-3-10(2)14(19-6-4-18-5-7-19)11-8-12(16)15(20)13(17)9-11;;/h8-10,14,18,20H,3-7H2,1-2H3;2*1H/t10?,14-;;/m1../s1. The highest BCUT2D eigenvalue weighted by Crippen LogP contribution is 2.39. The molecule has 2 N–H and O–H groups in total. The summed E-state index contributed by atoms with van der Waals surface area (Å²) in [6.07, 6.45) is 1.14. The van der Waals surface area contributed by atoms with Crippen molar-refractivity contribution in [3.8, 4) is 5.75 Å². The first-order valence-corrected chi connectivity index (χ1v) is 8.75. The van der Waals surface area contributed by atoms with Gasteiger partial charge >= 0.3 is 0 Å². The molecule has 3 nitrogen and oxygen atoms in total. The molecule has 0 aliphatic carbocycles. The van der Waals surface area contributed by atoms with Crippen molar-refractivity contribution in [3.63, 3.8) is 0 Å². The highest BCUT2D eigenvalue weighted by Gasteiger charge is 2.27. The van der Waals surface area contributed by atoms with Crippen molar-refractivity contribution in [1.82, 2.24) is 10.2 Å². The van der Waals surface area contributed by atoms with E-state index in [2.05, 4.69) is 68.1 Å². The zero-order valence-corrected chi connectivity index (χ0v) is 17.6. The molecule has 1 unspecified atom stereocenters. The first kappa shape index (κ1) is 22.5. The molecule has 0 aromatic heterocycles. The van der Waals surface area contributed by atoms with Crippen molar-refractivity contribution >= 4 is 56.7 Å². The Hall–Kier alpha value is 0.480. The number of halogens is 4. The highest BCUT2D eigenvalue weighted by atomic mass is 79.9. The third kappa shape index (κ3) is 5.25. The maximum Gasteiger partial charge on any atom is 0.143 e. The first-order valence-electron chi connectivity index (χ1n) is 7.17. The van der Waals surface area contributed by atoms with E-state index in [4.69, 9.17) is 0 Å². The van der Waals surface area contributed by atoms with Crippen LogP contribution in [0.3, 0.4) is 0 Å². The number of phenolic OH excluding ortho intramolecular Hbond substituents is 1. The predicted molar refractivity (Wildman–Crippen MR) is 105 cm³/mol. The van der Waals surface area contributed by atoms with Crippen LogP contribution in [0.1, 0.15) is 31.9 Å². The average Bonchev–Trinajstić information content (AvgIpc) is 2.46. The molecule has 2 rings (SSSR count). The van der Waals surface area contributed by atoms with Crippen LogP contribution >= 0.6 is 56.7 Å². The fraction of sp³-hybridized carbons (Fsp3) is 0.600. The van der Waals surface area contributed by atoms with Crippen molar-refractivity contribution in [2.75, 3.05) is 26.2 Å². The van der Waals surface area contributed by atoms with Crippen LogP contribution in [0.2, 0.25) is 0 Å². The van der Waals surface area contributed by atoms with Crippen molar-refractivity contribution in [3.05, 3.63) is 26.6 Å². The van der Waals surface area contributed by atoms with Crippen LogP contribution in [0.25, 0.3) is 0 Å². The second kappa shape index (κ2) is 10.4. The Morgan fingerprint density at radius 3 is 2.14 bits per heavy atom. The Labute approximate surface area is 162 Å². The van der Waals surface area contributed by atoms with Gasteiger partial charge in [-0.1, -0.05) is 20.3 Å². The zero-order chi connectivity index (χ0) is 14.7. The molecule has 0 saturated carbocycles. The molecule has 128 valence electrons. The van der Waals surface area contributed by atoms with Crippen LogP contribution in [0.4, 0.5) is 0 Å². The summed E-state index contributed by atoms with van der Waals surface area (Å²) < 4.78 is 1.51. The molecule has 1 heterocycles. The van der Waals surface area contributed by atoms with Gasteiger partial charge in [-0.2, -0.15) is 0 Å². The SMILES string of the molecule is CCC(C)[C@H](c1cc(Br)c(O)c(Br)c1)N1CCNCC1.Cl.Cl. The van der Waals surface area contributed by atoms with Gasteiger partial charge in [-0.3, -0.25) is 4.90 Å². The summed E-state index contributed by atoms with van der Waals surface area (Å²) in [4.78, 5) is 2.55. The van der Waals surface area contributed by atoms with E-state index < -0.39 is 0 Å². The minimum atomic E-state index is 0. The van der Waals surface area contributed by atoms with Crippen LogP contribution in [0.15, 0.2) is 21.1 Å². The fourth-order valence-corrected chi connectivity index (χ4v) is 4.06. The molecule has 0 bridgehead atoms. The number of hydrogen-bond acceptors (Lipinski definition) is 3. The Morgan fingerprint density at radius 2 is 1.68 bits per heavy atom. The third-order valence-electron chi connectivity index (χ3n) is 4.11. The van der Waals surface area contributed by atoms with E-state index in [1.807, 2.05) is 0 Å². The molecule has 0 spiro atoms. The summed E-state index contributed by atoms with van der Waals surface area (Å²) >= 11 is 6.90. The molecule has 1 aliphatic heterocycles. The summed E-state index contributed by atoms with van der Waals surface area (Å²) in [5.74, 6) is 0.855. The summed E-state index contributed by atoms with van der Waals surface area (Å²) in [5, 5.41) is 13.3. The summed E-state index contributed by atoms with van der Waals surface area (Å²) in [6, 6.07) is 4.51. The Kier molecular flexibility index (Phi) is 10.6. The smallest absolute Gasteiger partial charge is 0.143 e. The van der Waals surface area contributed by atoms with E-state index in [1.165, 1.54) is 5.56 Å². The fourth-order valence-electron chi connectivity index (χ4n) is 2.84. The molecule has 7 heteroatoms. The Bertz CT molecular complexity index is 448. The number of rotatable bonds is 4. The van der Waals surface area contributed by atoms with Crippen LogP contribution in [-0.2, 0) is 0 Å². The van der Waals surface area contributed by atoms with Crippen molar-refractivity contribution in [2.24, 2.45) is 5.92 Å². The number of hydrogen-bond donors (Lipinski definition) is 2. The quantitative estimate of drug-likeness (QED) is 0.655. The van der Waals surface area contributed by atoms with Gasteiger partial charge in [0.25, 0.3) is 0 Å². The van der Waals surface area contributed by atoms with Gasteiger partial charge in [-0.25, -0.2) is 0 Å².